The van der Waals surface area contributed by atoms with Crippen LogP contribution in [0, 0.1) is 0 Å². The molecule has 9 heteroatoms. The van der Waals surface area contributed by atoms with Gasteiger partial charge < -0.3 is 20.5 Å². The van der Waals surface area contributed by atoms with Gasteiger partial charge in [-0.1, -0.05) is 35.3 Å². The molecule has 0 aliphatic rings. The van der Waals surface area contributed by atoms with E-state index < -0.39 is 18.4 Å². The van der Waals surface area contributed by atoms with Crippen molar-refractivity contribution >= 4 is 46.7 Å². The van der Waals surface area contributed by atoms with Crippen LogP contribution in [-0.4, -0.2) is 29.4 Å². The molecule has 7 nitrogen and oxygen atoms in total. The molecule has 0 saturated heterocycles. The van der Waals surface area contributed by atoms with Crippen molar-refractivity contribution in [1.29, 1.82) is 0 Å². The Morgan fingerprint density at radius 1 is 1.11 bits per heavy atom. The van der Waals surface area contributed by atoms with E-state index in [0.717, 1.165) is 5.56 Å². The number of halogens is 2. The molecule has 0 bridgehead atoms. The van der Waals surface area contributed by atoms with Crippen LogP contribution in [0.5, 0.6) is 5.75 Å². The average Bonchev–Trinajstić information content (AvgIpc) is 2.58. The maximum absolute atomic E-state index is 11.9. The predicted octanol–water partition coefficient (Wildman–Crippen LogP) is 3.35. The number of hydrogen-bond donors (Lipinski definition) is 3. The number of hydrogen-bond acceptors (Lipinski definition) is 4. The molecule has 0 aromatic heterocycles. The fourth-order valence-corrected chi connectivity index (χ4v) is 2.78. The highest BCUT2D eigenvalue weighted by molar-refractivity contribution is 6.37. The smallest absolute Gasteiger partial charge is 0.322 e. The Morgan fingerprint density at radius 3 is 2.37 bits per heavy atom. The van der Waals surface area contributed by atoms with Crippen molar-refractivity contribution in [2.45, 2.75) is 13.5 Å². The summed E-state index contributed by atoms with van der Waals surface area (Å²) < 4.78 is 5.64. The lowest BCUT2D eigenvalue weighted by Crippen LogP contribution is -2.29. The Kier molecular flexibility index (Phi) is 7.04. The zero-order valence-corrected chi connectivity index (χ0v) is 15.7. The molecule has 2 aromatic rings. The zero-order chi connectivity index (χ0) is 20.0. The van der Waals surface area contributed by atoms with Gasteiger partial charge in [-0.05, 0) is 29.8 Å². The Labute approximate surface area is 165 Å². The number of benzene rings is 2. The van der Waals surface area contributed by atoms with Gasteiger partial charge in [0.2, 0.25) is 5.91 Å². The lowest BCUT2D eigenvalue weighted by Gasteiger charge is -2.12. The lowest BCUT2D eigenvalue weighted by atomic mass is 10.2. The van der Waals surface area contributed by atoms with Crippen molar-refractivity contribution in [3.05, 3.63) is 57.6 Å². The van der Waals surface area contributed by atoms with Crippen molar-refractivity contribution in [2.75, 3.05) is 11.9 Å². The van der Waals surface area contributed by atoms with Crippen molar-refractivity contribution in [3.8, 4) is 5.75 Å². The summed E-state index contributed by atoms with van der Waals surface area (Å²) in [5.41, 5.74) is 1.52. The molecule has 0 aliphatic heterocycles. The maximum atomic E-state index is 11.9. The van der Waals surface area contributed by atoms with Gasteiger partial charge in [0, 0.05) is 18.2 Å². The largest absolute Gasteiger partial charge is 0.486 e. The first-order chi connectivity index (χ1) is 12.8. The van der Waals surface area contributed by atoms with Gasteiger partial charge in [-0.2, -0.15) is 0 Å². The molecule has 142 valence electrons. The van der Waals surface area contributed by atoms with Gasteiger partial charge in [0.05, 0.1) is 10.0 Å². The second kappa shape index (κ2) is 9.25. The number of carboxylic acids is 1. The number of anilines is 1. The minimum atomic E-state index is -1.16. The van der Waals surface area contributed by atoms with Crippen molar-refractivity contribution in [2.24, 2.45) is 0 Å². The van der Waals surface area contributed by atoms with Crippen LogP contribution in [0.1, 0.15) is 22.8 Å². The summed E-state index contributed by atoms with van der Waals surface area (Å²) in [6.07, 6.45) is 0. The number of rotatable bonds is 7. The van der Waals surface area contributed by atoms with E-state index in [0.29, 0.717) is 5.69 Å². The molecule has 3 N–H and O–H groups in total. The van der Waals surface area contributed by atoms with Crippen molar-refractivity contribution in [3.63, 3.8) is 0 Å². The minimum absolute atomic E-state index is 0.112. The Bertz CT molecular complexity index is 863. The second-order valence-electron chi connectivity index (χ2n) is 5.52. The summed E-state index contributed by atoms with van der Waals surface area (Å²) in [6.45, 7) is 1.03. The van der Waals surface area contributed by atoms with Crippen LogP contribution in [-0.2, 0) is 16.2 Å². The maximum Gasteiger partial charge on any atom is 0.322 e. The summed E-state index contributed by atoms with van der Waals surface area (Å²) in [4.78, 5) is 33.5. The van der Waals surface area contributed by atoms with Gasteiger partial charge in [0.15, 0.2) is 5.75 Å². The van der Waals surface area contributed by atoms with Crippen LogP contribution in [0.25, 0.3) is 0 Å². The number of carboxylic acid groups (broad SMARTS) is 1. The fraction of sp³-hybridized carbons (Fsp3) is 0.167. The number of amides is 2. The van der Waals surface area contributed by atoms with Crippen LogP contribution in [0.2, 0.25) is 10.0 Å². The molecule has 0 spiro atoms. The summed E-state index contributed by atoms with van der Waals surface area (Å²) in [6, 6.07) is 9.75. The number of carbonyl (C=O) groups excluding carboxylic acids is 2. The van der Waals surface area contributed by atoms with Crippen LogP contribution in [0.3, 0.4) is 0 Å². The van der Waals surface area contributed by atoms with Gasteiger partial charge in [0.1, 0.15) is 13.2 Å². The van der Waals surface area contributed by atoms with E-state index in [9.17, 15) is 14.4 Å². The van der Waals surface area contributed by atoms with Gasteiger partial charge in [-0.15, -0.1) is 0 Å². The Balaban J connectivity index is 2.10. The first kappa shape index (κ1) is 20.5. The van der Waals surface area contributed by atoms with E-state index in [1.807, 2.05) is 0 Å². The molecule has 0 heterocycles. The molecular formula is C18H16Cl2N2O5. The molecule has 2 rings (SSSR count). The third-order valence-corrected chi connectivity index (χ3v) is 3.85. The molecule has 0 aliphatic carbocycles. The highest BCUT2D eigenvalue weighted by Gasteiger charge is 2.15. The monoisotopic (exact) mass is 410 g/mol. The molecule has 2 amide bonds. The molecule has 0 atom stereocenters. The summed E-state index contributed by atoms with van der Waals surface area (Å²) in [7, 11) is 0. The van der Waals surface area contributed by atoms with Crippen LogP contribution < -0.4 is 15.4 Å². The Hall–Kier alpha value is -2.77. The average molecular weight is 411 g/mol. The quantitative estimate of drug-likeness (QED) is 0.648. The molecule has 27 heavy (non-hydrogen) atoms. The molecular weight excluding hydrogens is 395 g/mol. The molecule has 0 fully saturated rings. The first-order valence-electron chi connectivity index (χ1n) is 7.74. The first-order valence-corrected chi connectivity index (χ1v) is 8.50. The normalized spacial score (nSPS) is 10.2. The Morgan fingerprint density at radius 2 is 1.78 bits per heavy atom. The van der Waals surface area contributed by atoms with E-state index in [-0.39, 0.29) is 33.9 Å². The second-order valence-corrected chi connectivity index (χ2v) is 6.33. The highest BCUT2D eigenvalue weighted by atomic mass is 35.5. The van der Waals surface area contributed by atoms with E-state index in [4.69, 9.17) is 33.0 Å². The third-order valence-electron chi connectivity index (χ3n) is 3.29. The van der Waals surface area contributed by atoms with E-state index >= 15 is 0 Å². The number of nitrogens with one attached hydrogen (secondary N) is 2. The molecule has 0 saturated carbocycles. The van der Waals surface area contributed by atoms with Crippen molar-refractivity contribution < 1.29 is 24.2 Å². The number of aliphatic carboxylic acids is 1. The molecule has 0 unspecified atom stereocenters. The van der Waals surface area contributed by atoms with E-state index in [1.54, 1.807) is 24.3 Å². The molecule has 2 aromatic carbocycles. The summed E-state index contributed by atoms with van der Waals surface area (Å²) in [5.74, 6) is -1.77. The summed E-state index contributed by atoms with van der Waals surface area (Å²) >= 11 is 12.3. The zero-order valence-electron chi connectivity index (χ0n) is 14.2. The SMILES string of the molecule is CC(=O)Nc1cccc(COc2c(Cl)cc(C(=O)NCC(=O)O)cc2Cl)c1. The van der Waals surface area contributed by atoms with E-state index in [1.165, 1.54) is 19.1 Å². The third kappa shape index (κ3) is 6.16. The molecule has 0 radical (unpaired) electrons. The number of ether oxygens (including phenoxy) is 1. The summed E-state index contributed by atoms with van der Waals surface area (Å²) in [5, 5.41) is 13.7. The predicted molar refractivity (Wildman–Crippen MR) is 102 cm³/mol. The van der Waals surface area contributed by atoms with Gasteiger partial charge in [-0.3, -0.25) is 14.4 Å². The minimum Gasteiger partial charge on any atom is -0.486 e. The van der Waals surface area contributed by atoms with Crippen LogP contribution in [0.15, 0.2) is 36.4 Å². The van der Waals surface area contributed by atoms with Gasteiger partial charge >= 0.3 is 5.97 Å². The number of carbonyl (C=O) groups is 3. The highest BCUT2D eigenvalue weighted by Crippen LogP contribution is 2.35. The van der Waals surface area contributed by atoms with Crippen LogP contribution >= 0.6 is 23.2 Å². The topological polar surface area (TPSA) is 105 Å². The van der Waals surface area contributed by atoms with Gasteiger partial charge in [0.25, 0.3) is 5.91 Å². The standard InChI is InChI=1S/C18H16Cl2N2O5/c1-10(23)22-13-4-2-3-11(5-13)9-27-17-14(19)6-12(7-15(17)20)18(26)21-8-16(24)25/h2-7H,8-9H2,1H3,(H,21,26)(H,22,23)(H,24,25). The van der Waals surface area contributed by atoms with Gasteiger partial charge in [-0.25, -0.2) is 0 Å². The van der Waals surface area contributed by atoms with E-state index in [2.05, 4.69) is 10.6 Å². The lowest BCUT2D eigenvalue weighted by molar-refractivity contribution is -0.135. The van der Waals surface area contributed by atoms with Crippen LogP contribution in [0.4, 0.5) is 5.69 Å². The van der Waals surface area contributed by atoms with Crippen molar-refractivity contribution in [1.82, 2.24) is 5.32 Å². The fourth-order valence-electron chi connectivity index (χ4n) is 2.18.